The van der Waals surface area contributed by atoms with Gasteiger partial charge in [0.25, 0.3) is 0 Å². The molecule has 20 heteroatoms. The molecule has 0 saturated carbocycles. The molecule has 46 heavy (non-hydrogen) atoms. The molecular formula is C26H54N16O4. The average molecular weight is 655 g/mol. The Hall–Kier alpha value is -5.04. The highest BCUT2D eigenvalue weighted by molar-refractivity contribution is 5.94. The number of hydrogen-bond donors (Lipinski definition) is 12. The van der Waals surface area contributed by atoms with Gasteiger partial charge in [-0.1, -0.05) is 0 Å². The molecule has 0 saturated heterocycles. The molecule has 262 valence electrons. The van der Waals surface area contributed by atoms with Gasteiger partial charge in [0, 0.05) is 39.1 Å². The van der Waals surface area contributed by atoms with Crippen molar-refractivity contribution in [3.63, 3.8) is 0 Å². The van der Waals surface area contributed by atoms with Crippen molar-refractivity contribution in [1.82, 2.24) is 21.3 Å². The molecule has 0 heterocycles. The summed E-state index contributed by atoms with van der Waals surface area (Å²) in [6.45, 7) is 4.13. The van der Waals surface area contributed by atoms with E-state index in [9.17, 15) is 19.2 Å². The molecule has 0 aliphatic rings. The second-order valence-corrected chi connectivity index (χ2v) is 10.6. The van der Waals surface area contributed by atoms with E-state index in [1.807, 2.05) is 6.92 Å². The van der Waals surface area contributed by atoms with E-state index in [2.05, 4.69) is 41.2 Å². The smallest absolute Gasteiger partial charge is 0.243 e. The lowest BCUT2D eigenvalue weighted by molar-refractivity contribution is -0.134. The molecule has 0 aromatic carbocycles. The van der Waals surface area contributed by atoms with Crippen molar-refractivity contribution in [3.05, 3.63) is 0 Å². The van der Waals surface area contributed by atoms with Crippen LogP contribution >= 0.6 is 0 Å². The van der Waals surface area contributed by atoms with Crippen LogP contribution in [-0.4, -0.2) is 97.8 Å². The number of aliphatic imine (C=N–C) groups is 4. The van der Waals surface area contributed by atoms with E-state index in [-0.39, 0.29) is 68.8 Å². The van der Waals surface area contributed by atoms with Crippen molar-refractivity contribution in [2.24, 2.45) is 65.8 Å². The van der Waals surface area contributed by atoms with E-state index in [4.69, 9.17) is 45.9 Å². The molecule has 0 aromatic heterocycles. The standard InChI is InChI=1S/C26H54N16O4/c1-15(7-3-11-35-23(27)28)39-20(44)18(9-5-13-37-25(31)32)41-22(46)19(10-6-14-38-26(33)34)42-21(45)17(40-16(2)43)8-4-12-36-24(29)30/h15,17-19H,3-14H2,1-2H3,(H,39,44)(H,40,43)(H,41,46)(H,42,45)(H4,27,28,35)(H4,29,30,36)(H4,31,32,37)(H4,33,34,38)/t15-,17+,18+,19+/m1/s1. The van der Waals surface area contributed by atoms with Crippen LogP contribution in [0.15, 0.2) is 20.0 Å². The predicted molar refractivity (Wildman–Crippen MR) is 179 cm³/mol. The Labute approximate surface area is 269 Å². The molecular weight excluding hydrogens is 600 g/mol. The average Bonchev–Trinajstić information content (AvgIpc) is 2.94. The fraction of sp³-hybridized carbons (Fsp3) is 0.692. The maximum Gasteiger partial charge on any atom is 0.243 e. The Morgan fingerprint density at radius 3 is 1.07 bits per heavy atom. The lowest BCUT2D eigenvalue weighted by Gasteiger charge is -2.26. The highest BCUT2D eigenvalue weighted by atomic mass is 16.2. The lowest BCUT2D eigenvalue weighted by atomic mass is 10.0. The van der Waals surface area contributed by atoms with Gasteiger partial charge in [0.05, 0.1) is 0 Å². The zero-order valence-electron chi connectivity index (χ0n) is 26.8. The number of amides is 4. The maximum atomic E-state index is 13.6. The van der Waals surface area contributed by atoms with E-state index < -0.39 is 41.8 Å². The summed E-state index contributed by atoms with van der Waals surface area (Å²) in [4.78, 5) is 67.6. The highest BCUT2D eigenvalue weighted by Crippen LogP contribution is 2.07. The summed E-state index contributed by atoms with van der Waals surface area (Å²) in [5.74, 6) is -2.46. The van der Waals surface area contributed by atoms with Gasteiger partial charge < -0.3 is 67.1 Å². The van der Waals surface area contributed by atoms with Gasteiger partial charge in [-0.15, -0.1) is 0 Å². The van der Waals surface area contributed by atoms with Gasteiger partial charge in [-0.3, -0.25) is 39.1 Å². The third kappa shape index (κ3) is 21.6. The number of guanidine groups is 4. The quantitative estimate of drug-likeness (QED) is 0.0280. The van der Waals surface area contributed by atoms with Crippen molar-refractivity contribution in [1.29, 1.82) is 0 Å². The first kappa shape index (κ1) is 41.0. The largest absolute Gasteiger partial charge is 0.370 e. The molecule has 4 amide bonds. The zero-order valence-corrected chi connectivity index (χ0v) is 26.8. The van der Waals surface area contributed by atoms with E-state index in [1.54, 1.807) is 0 Å². The number of rotatable bonds is 23. The van der Waals surface area contributed by atoms with Gasteiger partial charge in [-0.2, -0.15) is 0 Å². The van der Waals surface area contributed by atoms with Crippen LogP contribution in [0.25, 0.3) is 0 Å². The molecule has 0 aromatic rings. The molecule has 0 aliphatic heterocycles. The van der Waals surface area contributed by atoms with E-state index in [0.717, 1.165) is 0 Å². The summed E-state index contributed by atoms with van der Waals surface area (Å²) in [6.07, 6.45) is 2.78. The summed E-state index contributed by atoms with van der Waals surface area (Å²) >= 11 is 0. The Kier molecular flexibility index (Phi) is 20.8. The molecule has 0 unspecified atom stereocenters. The van der Waals surface area contributed by atoms with Crippen molar-refractivity contribution >= 4 is 47.5 Å². The first-order valence-electron chi connectivity index (χ1n) is 15.0. The van der Waals surface area contributed by atoms with Gasteiger partial charge >= 0.3 is 0 Å². The Bertz CT molecular complexity index is 1080. The van der Waals surface area contributed by atoms with Gasteiger partial charge in [-0.25, -0.2) is 0 Å². The minimum atomic E-state index is -1.10. The molecule has 0 aliphatic carbocycles. The Morgan fingerprint density at radius 2 is 0.761 bits per heavy atom. The van der Waals surface area contributed by atoms with Crippen LogP contribution in [-0.2, 0) is 19.2 Å². The minimum absolute atomic E-state index is 0.0190. The van der Waals surface area contributed by atoms with Crippen LogP contribution in [0.5, 0.6) is 0 Å². The van der Waals surface area contributed by atoms with Crippen LogP contribution in [0, 0.1) is 0 Å². The summed E-state index contributed by atoms with van der Waals surface area (Å²) in [5, 5.41) is 10.9. The highest BCUT2D eigenvalue weighted by Gasteiger charge is 2.29. The number of nitrogens with two attached hydrogens (primary N) is 8. The monoisotopic (exact) mass is 654 g/mol. The lowest BCUT2D eigenvalue weighted by Crippen LogP contribution is -2.57. The number of hydrogen-bond acceptors (Lipinski definition) is 8. The fourth-order valence-electron chi connectivity index (χ4n) is 4.13. The Morgan fingerprint density at radius 1 is 0.478 bits per heavy atom. The number of carbonyl (C=O) groups is 4. The molecule has 0 fully saturated rings. The molecule has 0 radical (unpaired) electrons. The SMILES string of the molecule is CC(=O)N[C@@H](CCCN=C(N)N)C(=O)N[C@@H](CCCN=C(N)N)C(=O)N[C@@H](CCCN=C(N)N)C(=O)N[C@H](C)CCCN=C(N)N. The Balaban J connectivity index is 5.85. The molecule has 0 rings (SSSR count). The van der Waals surface area contributed by atoms with Gasteiger partial charge in [-0.05, 0) is 58.3 Å². The van der Waals surface area contributed by atoms with Crippen LogP contribution in [0.4, 0.5) is 0 Å². The van der Waals surface area contributed by atoms with Gasteiger partial charge in [0.1, 0.15) is 18.1 Å². The molecule has 20 nitrogen and oxygen atoms in total. The van der Waals surface area contributed by atoms with E-state index in [1.165, 1.54) is 6.92 Å². The molecule has 0 spiro atoms. The first-order chi connectivity index (χ1) is 21.6. The fourth-order valence-corrected chi connectivity index (χ4v) is 4.13. The van der Waals surface area contributed by atoms with Crippen molar-refractivity contribution in [2.75, 3.05) is 26.2 Å². The van der Waals surface area contributed by atoms with Gasteiger partial charge in [0.2, 0.25) is 23.6 Å². The van der Waals surface area contributed by atoms with Crippen molar-refractivity contribution < 1.29 is 19.2 Å². The van der Waals surface area contributed by atoms with Crippen LogP contribution in [0.1, 0.15) is 65.2 Å². The molecule has 0 bridgehead atoms. The minimum Gasteiger partial charge on any atom is -0.370 e. The van der Waals surface area contributed by atoms with E-state index in [0.29, 0.717) is 38.6 Å². The molecule has 4 atom stereocenters. The van der Waals surface area contributed by atoms with E-state index >= 15 is 0 Å². The summed E-state index contributed by atoms with van der Waals surface area (Å²) in [7, 11) is 0. The number of nitrogens with zero attached hydrogens (tertiary/aromatic N) is 4. The second-order valence-electron chi connectivity index (χ2n) is 10.6. The van der Waals surface area contributed by atoms with Crippen LogP contribution < -0.4 is 67.1 Å². The van der Waals surface area contributed by atoms with Gasteiger partial charge in [0.15, 0.2) is 23.8 Å². The first-order valence-corrected chi connectivity index (χ1v) is 15.0. The third-order valence-electron chi connectivity index (χ3n) is 6.27. The normalized spacial score (nSPS) is 13.0. The van der Waals surface area contributed by atoms with Crippen LogP contribution in [0.3, 0.4) is 0 Å². The predicted octanol–water partition coefficient (Wildman–Crippen LogP) is -4.82. The van der Waals surface area contributed by atoms with Crippen LogP contribution in [0.2, 0.25) is 0 Å². The third-order valence-corrected chi connectivity index (χ3v) is 6.27. The summed E-state index contributed by atoms with van der Waals surface area (Å²) < 4.78 is 0. The summed E-state index contributed by atoms with van der Waals surface area (Å²) in [5.41, 5.74) is 43.0. The number of nitrogens with one attached hydrogen (secondary N) is 4. The summed E-state index contributed by atoms with van der Waals surface area (Å²) in [6, 6.07) is -3.31. The molecule has 20 N–H and O–H groups in total. The zero-order chi connectivity index (χ0) is 35.1. The van der Waals surface area contributed by atoms with Crippen molar-refractivity contribution in [3.8, 4) is 0 Å². The maximum absolute atomic E-state index is 13.6. The van der Waals surface area contributed by atoms with Crippen molar-refractivity contribution in [2.45, 2.75) is 89.4 Å². The number of carbonyl (C=O) groups excluding carboxylic acids is 4. The second kappa shape index (κ2) is 23.4. The topological polar surface area (TPSA) is 374 Å².